The second-order valence-electron chi connectivity index (χ2n) is 7.81. The van der Waals surface area contributed by atoms with E-state index in [0.717, 1.165) is 22.8 Å². The highest BCUT2D eigenvalue weighted by atomic mass is 16.5. The van der Waals surface area contributed by atoms with Crippen LogP contribution in [0.4, 0.5) is 0 Å². The lowest BCUT2D eigenvalue weighted by molar-refractivity contribution is 0.121. The van der Waals surface area contributed by atoms with E-state index in [-0.39, 0.29) is 11.2 Å². The Morgan fingerprint density at radius 2 is 1.48 bits per heavy atom. The van der Waals surface area contributed by atoms with Crippen LogP contribution in [0.3, 0.4) is 0 Å². The molecule has 0 N–H and O–H groups in total. The van der Waals surface area contributed by atoms with Crippen molar-refractivity contribution in [2.45, 2.75) is 59.7 Å². The van der Waals surface area contributed by atoms with Gasteiger partial charge in [0.1, 0.15) is 22.7 Å². The Balaban J connectivity index is 2.48. The van der Waals surface area contributed by atoms with E-state index >= 15 is 0 Å². The molecular formula is C20H27NO2. The van der Waals surface area contributed by atoms with Gasteiger partial charge in [-0.05, 0) is 78.3 Å². The first-order chi connectivity index (χ1) is 10.5. The molecule has 2 aromatic rings. The van der Waals surface area contributed by atoms with Gasteiger partial charge in [-0.1, -0.05) is 0 Å². The summed E-state index contributed by atoms with van der Waals surface area (Å²) in [6.45, 7) is 14.3. The van der Waals surface area contributed by atoms with Crippen molar-refractivity contribution in [3.8, 4) is 22.8 Å². The van der Waals surface area contributed by atoms with E-state index in [4.69, 9.17) is 9.47 Å². The molecule has 23 heavy (non-hydrogen) atoms. The number of ether oxygens (including phenoxy) is 2. The summed E-state index contributed by atoms with van der Waals surface area (Å²) in [5.41, 5.74) is 2.52. The molecule has 1 aromatic heterocycles. The van der Waals surface area contributed by atoms with Gasteiger partial charge in [-0.2, -0.15) is 0 Å². The first-order valence-corrected chi connectivity index (χ1v) is 7.99. The van der Waals surface area contributed by atoms with Gasteiger partial charge in [0.05, 0.1) is 5.69 Å². The van der Waals surface area contributed by atoms with E-state index in [1.165, 1.54) is 5.56 Å². The van der Waals surface area contributed by atoms with E-state index < -0.39 is 0 Å². The van der Waals surface area contributed by atoms with Gasteiger partial charge in [0, 0.05) is 17.8 Å². The average Bonchev–Trinajstić information content (AvgIpc) is 2.35. The van der Waals surface area contributed by atoms with Crippen molar-refractivity contribution < 1.29 is 9.47 Å². The van der Waals surface area contributed by atoms with Crippen LogP contribution in [0, 0.1) is 6.92 Å². The molecule has 0 saturated carbocycles. The summed E-state index contributed by atoms with van der Waals surface area (Å²) in [5, 5.41) is 0. The van der Waals surface area contributed by atoms with Crippen LogP contribution >= 0.6 is 0 Å². The van der Waals surface area contributed by atoms with Gasteiger partial charge in [0.2, 0.25) is 0 Å². The number of rotatable bonds is 3. The molecule has 3 heteroatoms. The van der Waals surface area contributed by atoms with E-state index in [2.05, 4.69) is 18.0 Å². The largest absolute Gasteiger partial charge is 0.488 e. The lowest BCUT2D eigenvalue weighted by Gasteiger charge is -2.26. The summed E-state index contributed by atoms with van der Waals surface area (Å²) >= 11 is 0. The quantitative estimate of drug-likeness (QED) is 0.759. The SMILES string of the molecule is Cc1ccnc(-c2ccc(OC(C)(C)C)cc2OC(C)(C)C)c1. The third-order valence-electron chi connectivity index (χ3n) is 2.98. The van der Waals surface area contributed by atoms with Gasteiger partial charge < -0.3 is 9.47 Å². The number of aryl methyl sites for hydroxylation is 1. The van der Waals surface area contributed by atoms with Crippen LogP contribution in [0.15, 0.2) is 36.5 Å². The van der Waals surface area contributed by atoms with Crippen molar-refractivity contribution in [2.24, 2.45) is 0 Å². The van der Waals surface area contributed by atoms with Crippen LogP contribution in [0.25, 0.3) is 11.3 Å². The topological polar surface area (TPSA) is 31.4 Å². The minimum Gasteiger partial charge on any atom is -0.488 e. The fourth-order valence-corrected chi connectivity index (χ4v) is 2.23. The number of hydrogen-bond acceptors (Lipinski definition) is 3. The van der Waals surface area contributed by atoms with Crippen molar-refractivity contribution in [3.63, 3.8) is 0 Å². The van der Waals surface area contributed by atoms with Gasteiger partial charge in [-0.3, -0.25) is 4.98 Å². The number of nitrogens with zero attached hydrogens (tertiary/aromatic N) is 1. The minimum absolute atomic E-state index is 0.248. The van der Waals surface area contributed by atoms with Crippen LogP contribution in [-0.2, 0) is 0 Å². The maximum atomic E-state index is 6.16. The molecule has 1 aromatic carbocycles. The van der Waals surface area contributed by atoms with Crippen molar-refractivity contribution in [1.29, 1.82) is 0 Å². The molecule has 0 saturated heterocycles. The van der Waals surface area contributed by atoms with E-state index in [1.54, 1.807) is 0 Å². The number of benzene rings is 1. The highest BCUT2D eigenvalue weighted by Crippen LogP contribution is 2.35. The van der Waals surface area contributed by atoms with Crippen LogP contribution in [0.1, 0.15) is 47.1 Å². The van der Waals surface area contributed by atoms with Crippen molar-refractivity contribution in [1.82, 2.24) is 4.98 Å². The summed E-state index contributed by atoms with van der Waals surface area (Å²) in [6, 6.07) is 10.00. The zero-order valence-corrected chi connectivity index (χ0v) is 15.2. The average molecular weight is 313 g/mol. The molecule has 1 heterocycles. The molecule has 0 amide bonds. The van der Waals surface area contributed by atoms with Gasteiger partial charge in [0.15, 0.2) is 0 Å². The minimum atomic E-state index is -0.293. The van der Waals surface area contributed by atoms with Crippen LogP contribution in [0.2, 0.25) is 0 Å². The van der Waals surface area contributed by atoms with Crippen molar-refractivity contribution in [3.05, 3.63) is 42.1 Å². The normalized spacial score (nSPS) is 12.1. The Hall–Kier alpha value is -2.03. The first-order valence-electron chi connectivity index (χ1n) is 7.99. The Labute approximate surface area is 139 Å². The lowest BCUT2D eigenvalue weighted by Crippen LogP contribution is -2.24. The second kappa shape index (κ2) is 6.23. The highest BCUT2D eigenvalue weighted by molar-refractivity contribution is 5.69. The number of hydrogen-bond donors (Lipinski definition) is 0. The molecular weight excluding hydrogens is 286 g/mol. The monoisotopic (exact) mass is 313 g/mol. The van der Waals surface area contributed by atoms with Crippen LogP contribution in [0.5, 0.6) is 11.5 Å². The van der Waals surface area contributed by atoms with Crippen molar-refractivity contribution >= 4 is 0 Å². The molecule has 2 rings (SSSR count). The molecule has 0 atom stereocenters. The number of pyridine rings is 1. The Morgan fingerprint density at radius 1 is 0.826 bits per heavy atom. The fraction of sp³-hybridized carbons (Fsp3) is 0.450. The first kappa shape index (κ1) is 17.3. The summed E-state index contributed by atoms with van der Waals surface area (Å²) < 4.78 is 12.1. The smallest absolute Gasteiger partial charge is 0.133 e. The molecule has 0 bridgehead atoms. The van der Waals surface area contributed by atoms with E-state index in [9.17, 15) is 0 Å². The van der Waals surface area contributed by atoms with Crippen molar-refractivity contribution in [2.75, 3.05) is 0 Å². The molecule has 124 valence electrons. The predicted octanol–water partition coefficient (Wildman–Crippen LogP) is 5.41. The van der Waals surface area contributed by atoms with Gasteiger partial charge >= 0.3 is 0 Å². The summed E-state index contributed by atoms with van der Waals surface area (Å²) in [5.74, 6) is 1.59. The molecule has 0 fully saturated rings. The van der Waals surface area contributed by atoms with E-state index in [0.29, 0.717) is 0 Å². The number of aromatic nitrogens is 1. The molecule has 0 radical (unpaired) electrons. The predicted molar refractivity (Wildman–Crippen MR) is 95.2 cm³/mol. The Morgan fingerprint density at radius 3 is 2.04 bits per heavy atom. The third-order valence-corrected chi connectivity index (χ3v) is 2.98. The summed E-state index contributed by atoms with van der Waals surface area (Å²) in [4.78, 5) is 4.48. The molecule has 0 spiro atoms. The maximum absolute atomic E-state index is 6.16. The zero-order chi connectivity index (χ0) is 17.3. The third kappa shape index (κ3) is 5.27. The van der Waals surface area contributed by atoms with Crippen LogP contribution < -0.4 is 9.47 Å². The van der Waals surface area contributed by atoms with Gasteiger partial charge in [0.25, 0.3) is 0 Å². The van der Waals surface area contributed by atoms with E-state index in [1.807, 2.05) is 72.0 Å². The summed E-state index contributed by atoms with van der Waals surface area (Å²) in [6.07, 6.45) is 1.82. The highest BCUT2D eigenvalue weighted by Gasteiger charge is 2.19. The zero-order valence-electron chi connectivity index (χ0n) is 15.2. The second-order valence-corrected chi connectivity index (χ2v) is 7.81. The molecule has 0 aliphatic carbocycles. The Bertz CT molecular complexity index is 679. The van der Waals surface area contributed by atoms with Gasteiger partial charge in [-0.15, -0.1) is 0 Å². The maximum Gasteiger partial charge on any atom is 0.133 e. The fourth-order valence-electron chi connectivity index (χ4n) is 2.23. The van der Waals surface area contributed by atoms with Gasteiger partial charge in [-0.25, -0.2) is 0 Å². The standard InChI is InChI=1S/C20H27NO2/c1-14-10-11-21-17(12-14)16-9-8-15(22-19(2,3)4)13-18(16)23-20(5,6)7/h8-13H,1-7H3. The molecule has 0 unspecified atom stereocenters. The molecule has 0 aliphatic rings. The lowest BCUT2D eigenvalue weighted by atomic mass is 10.1. The Kier molecular flexibility index (Phi) is 4.69. The summed E-state index contributed by atoms with van der Waals surface area (Å²) in [7, 11) is 0. The molecule has 0 aliphatic heterocycles. The molecule has 3 nitrogen and oxygen atoms in total. The van der Waals surface area contributed by atoms with Crippen LogP contribution in [-0.4, -0.2) is 16.2 Å².